The number of amides is 1. The molecule has 0 spiro atoms. The lowest BCUT2D eigenvalue weighted by molar-refractivity contribution is -0.117. The maximum absolute atomic E-state index is 13.5. The largest absolute Gasteiger partial charge is 0.395 e. The minimum Gasteiger partial charge on any atom is -0.395 e. The Balaban J connectivity index is 1.95. The minimum atomic E-state index is -0.516. The number of nitrogens with zero attached hydrogens (tertiary/aromatic N) is 1. The molecule has 19 heavy (non-hydrogen) atoms. The van der Waals surface area contributed by atoms with Gasteiger partial charge in [-0.3, -0.25) is 9.69 Å². The number of carbonyl (C=O) groups excluding carboxylic acids is 1. The highest BCUT2D eigenvalue weighted by molar-refractivity contribution is 6.30. The topological polar surface area (TPSA) is 52.6 Å². The number of likely N-dealkylation sites (tertiary alicyclic amines) is 1. The first-order chi connectivity index (χ1) is 9.10. The van der Waals surface area contributed by atoms with E-state index in [9.17, 15) is 9.18 Å². The summed E-state index contributed by atoms with van der Waals surface area (Å²) in [6.07, 6.45) is 1.85. The Labute approximate surface area is 116 Å². The van der Waals surface area contributed by atoms with Gasteiger partial charge in [0.2, 0.25) is 5.91 Å². The Morgan fingerprint density at radius 1 is 1.58 bits per heavy atom. The molecule has 0 unspecified atom stereocenters. The SMILES string of the molecule is O=C(CN1CCC[C@@H]1CO)Nc1cc(Cl)ccc1F. The second-order valence-corrected chi connectivity index (χ2v) is 5.06. The molecule has 104 valence electrons. The Hall–Kier alpha value is -1.17. The Morgan fingerprint density at radius 2 is 2.37 bits per heavy atom. The van der Waals surface area contributed by atoms with Crippen LogP contribution in [0.1, 0.15) is 12.8 Å². The van der Waals surface area contributed by atoms with Gasteiger partial charge >= 0.3 is 0 Å². The second kappa shape index (κ2) is 6.32. The van der Waals surface area contributed by atoms with Crippen LogP contribution >= 0.6 is 11.6 Å². The van der Waals surface area contributed by atoms with Crippen molar-refractivity contribution >= 4 is 23.2 Å². The van der Waals surface area contributed by atoms with Crippen molar-refractivity contribution in [1.82, 2.24) is 4.90 Å². The first kappa shape index (κ1) is 14.2. The molecule has 1 aromatic carbocycles. The van der Waals surface area contributed by atoms with Gasteiger partial charge in [-0.25, -0.2) is 4.39 Å². The fraction of sp³-hybridized carbons (Fsp3) is 0.462. The van der Waals surface area contributed by atoms with Crippen molar-refractivity contribution in [3.05, 3.63) is 29.0 Å². The van der Waals surface area contributed by atoms with Crippen molar-refractivity contribution in [2.45, 2.75) is 18.9 Å². The molecular weight excluding hydrogens is 271 g/mol. The number of anilines is 1. The van der Waals surface area contributed by atoms with Crippen molar-refractivity contribution in [1.29, 1.82) is 0 Å². The number of carbonyl (C=O) groups is 1. The summed E-state index contributed by atoms with van der Waals surface area (Å²) < 4.78 is 13.5. The van der Waals surface area contributed by atoms with Gasteiger partial charge in [0.05, 0.1) is 18.8 Å². The van der Waals surface area contributed by atoms with E-state index < -0.39 is 5.82 Å². The van der Waals surface area contributed by atoms with Gasteiger partial charge in [-0.05, 0) is 37.6 Å². The van der Waals surface area contributed by atoms with E-state index >= 15 is 0 Å². The van der Waals surface area contributed by atoms with Gasteiger partial charge in [-0.15, -0.1) is 0 Å². The number of hydrogen-bond acceptors (Lipinski definition) is 3. The highest BCUT2D eigenvalue weighted by Gasteiger charge is 2.25. The lowest BCUT2D eigenvalue weighted by Crippen LogP contribution is -2.38. The van der Waals surface area contributed by atoms with Crippen LogP contribution in [0.15, 0.2) is 18.2 Å². The molecule has 1 atom stereocenters. The number of hydrogen-bond donors (Lipinski definition) is 2. The molecule has 2 rings (SSSR count). The molecule has 0 saturated carbocycles. The predicted octanol–water partition coefficient (Wildman–Crippen LogP) is 1.87. The first-order valence-electron chi connectivity index (χ1n) is 6.20. The fourth-order valence-electron chi connectivity index (χ4n) is 2.28. The maximum Gasteiger partial charge on any atom is 0.238 e. The van der Waals surface area contributed by atoms with Gasteiger partial charge in [0.15, 0.2) is 0 Å². The molecule has 1 heterocycles. The number of rotatable bonds is 4. The van der Waals surface area contributed by atoms with Crippen LogP contribution < -0.4 is 5.32 Å². The van der Waals surface area contributed by atoms with Gasteiger partial charge in [-0.2, -0.15) is 0 Å². The molecule has 1 saturated heterocycles. The van der Waals surface area contributed by atoms with Crippen LogP contribution in [0.3, 0.4) is 0 Å². The number of benzene rings is 1. The third kappa shape index (κ3) is 3.65. The first-order valence-corrected chi connectivity index (χ1v) is 6.58. The quantitative estimate of drug-likeness (QED) is 0.888. The zero-order chi connectivity index (χ0) is 13.8. The molecule has 0 aliphatic carbocycles. The molecule has 1 aromatic rings. The highest BCUT2D eigenvalue weighted by Crippen LogP contribution is 2.20. The predicted molar refractivity (Wildman–Crippen MR) is 71.7 cm³/mol. The summed E-state index contributed by atoms with van der Waals surface area (Å²) in [5.74, 6) is -0.820. The lowest BCUT2D eigenvalue weighted by atomic mass is 10.2. The van der Waals surface area contributed by atoms with Gasteiger partial charge in [0, 0.05) is 11.1 Å². The van der Waals surface area contributed by atoms with Gasteiger partial charge < -0.3 is 10.4 Å². The zero-order valence-corrected chi connectivity index (χ0v) is 11.2. The standard InChI is InChI=1S/C13H16ClFN2O2/c14-9-3-4-11(15)12(6-9)16-13(19)7-17-5-1-2-10(17)8-18/h3-4,6,10,18H,1-2,5,7-8H2,(H,16,19)/t10-/m1/s1. The Morgan fingerprint density at radius 3 is 3.11 bits per heavy atom. The molecular formula is C13H16ClFN2O2. The average Bonchev–Trinajstić information content (AvgIpc) is 2.81. The summed E-state index contributed by atoms with van der Waals surface area (Å²) in [6.45, 7) is 0.965. The van der Waals surface area contributed by atoms with E-state index in [1.807, 2.05) is 4.90 Å². The summed E-state index contributed by atoms with van der Waals surface area (Å²) in [7, 11) is 0. The Kier molecular flexibility index (Phi) is 4.74. The second-order valence-electron chi connectivity index (χ2n) is 4.62. The monoisotopic (exact) mass is 286 g/mol. The molecule has 0 bridgehead atoms. The van der Waals surface area contributed by atoms with Gasteiger partial charge in [0.25, 0.3) is 0 Å². The third-order valence-electron chi connectivity index (χ3n) is 3.26. The van der Waals surface area contributed by atoms with E-state index in [1.165, 1.54) is 18.2 Å². The van der Waals surface area contributed by atoms with Crippen molar-refractivity contribution in [2.75, 3.05) is 25.0 Å². The van der Waals surface area contributed by atoms with Crippen LogP contribution in [0.25, 0.3) is 0 Å². The van der Waals surface area contributed by atoms with Crippen LogP contribution in [-0.2, 0) is 4.79 Å². The van der Waals surface area contributed by atoms with E-state index in [1.54, 1.807) is 0 Å². The number of aliphatic hydroxyl groups excluding tert-OH is 1. The van der Waals surface area contributed by atoms with Crippen LogP contribution in [0, 0.1) is 5.82 Å². The van der Waals surface area contributed by atoms with E-state index in [4.69, 9.17) is 16.7 Å². The zero-order valence-electron chi connectivity index (χ0n) is 10.4. The molecule has 1 aliphatic rings. The van der Waals surface area contributed by atoms with E-state index in [0.29, 0.717) is 5.02 Å². The molecule has 6 heteroatoms. The van der Waals surface area contributed by atoms with Crippen molar-refractivity contribution in [3.8, 4) is 0 Å². The van der Waals surface area contributed by atoms with Crippen molar-refractivity contribution < 1.29 is 14.3 Å². The molecule has 1 aliphatic heterocycles. The smallest absolute Gasteiger partial charge is 0.238 e. The maximum atomic E-state index is 13.5. The molecule has 0 radical (unpaired) electrons. The van der Waals surface area contributed by atoms with Gasteiger partial charge in [-0.1, -0.05) is 11.6 Å². The summed E-state index contributed by atoms with van der Waals surface area (Å²) in [5.41, 5.74) is 0.0808. The summed E-state index contributed by atoms with van der Waals surface area (Å²) in [5, 5.41) is 12.0. The van der Waals surface area contributed by atoms with Crippen molar-refractivity contribution in [2.24, 2.45) is 0 Å². The van der Waals surface area contributed by atoms with E-state index in [2.05, 4.69) is 5.32 Å². The van der Waals surface area contributed by atoms with Crippen LogP contribution in [0.2, 0.25) is 5.02 Å². The minimum absolute atomic E-state index is 0.0231. The molecule has 2 N–H and O–H groups in total. The van der Waals surface area contributed by atoms with Crippen LogP contribution in [0.4, 0.5) is 10.1 Å². The third-order valence-corrected chi connectivity index (χ3v) is 3.49. The van der Waals surface area contributed by atoms with E-state index in [-0.39, 0.29) is 30.8 Å². The molecule has 1 fully saturated rings. The summed E-state index contributed by atoms with van der Waals surface area (Å²) in [4.78, 5) is 13.7. The summed E-state index contributed by atoms with van der Waals surface area (Å²) >= 11 is 5.75. The van der Waals surface area contributed by atoms with Crippen molar-refractivity contribution in [3.63, 3.8) is 0 Å². The molecule has 1 amide bonds. The van der Waals surface area contributed by atoms with Crippen LogP contribution in [-0.4, -0.2) is 41.7 Å². The Bertz CT molecular complexity index is 470. The lowest BCUT2D eigenvalue weighted by Gasteiger charge is -2.21. The average molecular weight is 287 g/mol. The van der Waals surface area contributed by atoms with Gasteiger partial charge in [0.1, 0.15) is 5.82 Å². The van der Waals surface area contributed by atoms with E-state index in [0.717, 1.165) is 19.4 Å². The summed E-state index contributed by atoms with van der Waals surface area (Å²) in [6, 6.07) is 4.04. The number of aliphatic hydroxyl groups is 1. The number of nitrogens with one attached hydrogen (secondary N) is 1. The molecule has 0 aromatic heterocycles. The fourth-order valence-corrected chi connectivity index (χ4v) is 2.45. The number of halogens is 2. The normalized spacial score (nSPS) is 19.6. The van der Waals surface area contributed by atoms with Crippen LogP contribution in [0.5, 0.6) is 0 Å². The molecule has 4 nitrogen and oxygen atoms in total. The highest BCUT2D eigenvalue weighted by atomic mass is 35.5.